The van der Waals surface area contributed by atoms with Gasteiger partial charge in [-0.1, -0.05) is 12.1 Å². The molecule has 0 amide bonds. The number of anilines is 1. The molecule has 31 heavy (non-hydrogen) atoms. The molecular formula is C23H31N7O. The summed E-state index contributed by atoms with van der Waals surface area (Å²) in [7, 11) is 1.71. The number of aliphatic imine (C=N–C) groups is 1. The minimum absolute atomic E-state index is 0.340. The summed E-state index contributed by atoms with van der Waals surface area (Å²) in [4.78, 5) is 7.20. The summed E-state index contributed by atoms with van der Waals surface area (Å²) in [6.07, 6.45) is 5.00. The average Bonchev–Trinajstić information content (AvgIpc) is 3.22. The fourth-order valence-corrected chi connectivity index (χ4v) is 3.98. The third-order valence-electron chi connectivity index (χ3n) is 5.51. The Bertz CT molecular complexity index is 1020. The maximum atomic E-state index is 5.39. The Hall–Kier alpha value is -3.29. The molecule has 8 nitrogen and oxygen atoms in total. The number of fused-ring (bicyclic) bond motifs is 1. The molecule has 164 valence electrons. The van der Waals surface area contributed by atoms with Crippen molar-refractivity contribution in [1.82, 2.24) is 25.2 Å². The van der Waals surface area contributed by atoms with E-state index in [1.54, 1.807) is 7.11 Å². The molecular weight excluding hydrogens is 390 g/mol. The maximum Gasteiger partial charge on any atom is 0.191 e. The second kappa shape index (κ2) is 10.1. The first-order chi connectivity index (χ1) is 15.3. The van der Waals surface area contributed by atoms with Crippen molar-refractivity contribution in [3.05, 3.63) is 54.5 Å². The van der Waals surface area contributed by atoms with Gasteiger partial charge in [-0.15, -0.1) is 10.2 Å². The van der Waals surface area contributed by atoms with Crippen molar-refractivity contribution >= 4 is 17.3 Å². The minimum Gasteiger partial charge on any atom is -0.497 e. The fraction of sp³-hybridized carbons (Fsp3) is 0.435. The zero-order valence-electron chi connectivity index (χ0n) is 18.3. The van der Waals surface area contributed by atoms with Crippen LogP contribution in [0.1, 0.15) is 25.6 Å². The third kappa shape index (κ3) is 5.25. The second-order valence-corrected chi connectivity index (χ2v) is 7.69. The van der Waals surface area contributed by atoms with Gasteiger partial charge in [0.15, 0.2) is 11.6 Å². The molecule has 0 saturated carbocycles. The van der Waals surface area contributed by atoms with Crippen LogP contribution in [0, 0.1) is 0 Å². The number of benzene rings is 1. The van der Waals surface area contributed by atoms with Crippen LogP contribution in [0.25, 0.3) is 5.65 Å². The van der Waals surface area contributed by atoms with Crippen molar-refractivity contribution in [3.63, 3.8) is 0 Å². The fourth-order valence-electron chi connectivity index (χ4n) is 3.98. The van der Waals surface area contributed by atoms with E-state index in [9.17, 15) is 0 Å². The maximum absolute atomic E-state index is 5.39. The van der Waals surface area contributed by atoms with E-state index < -0.39 is 0 Å². The number of hydrogen-bond donors (Lipinski definition) is 2. The summed E-state index contributed by atoms with van der Waals surface area (Å²) in [5.74, 6) is 2.68. The Morgan fingerprint density at radius 2 is 2.16 bits per heavy atom. The van der Waals surface area contributed by atoms with Crippen LogP contribution in [0.4, 0.5) is 5.69 Å². The zero-order valence-corrected chi connectivity index (χ0v) is 18.3. The van der Waals surface area contributed by atoms with Gasteiger partial charge in [0.1, 0.15) is 11.6 Å². The molecule has 1 aromatic carbocycles. The number of piperidine rings is 1. The van der Waals surface area contributed by atoms with Crippen molar-refractivity contribution in [3.8, 4) is 5.75 Å². The molecule has 2 aromatic heterocycles. The standard InChI is InChI=1S/C23H31N7O/c1-3-24-23(25-13-12-22-28-27-21-11-4-5-15-30(21)22)26-18-8-7-14-29(17-18)19-9-6-10-20(16-19)31-2/h4-6,9-11,15-16,18H,3,7-8,12-14,17H2,1-2H3,(H2,24,25,26). The van der Waals surface area contributed by atoms with Crippen molar-refractivity contribution in [2.24, 2.45) is 4.99 Å². The Kier molecular flexibility index (Phi) is 6.86. The molecule has 0 bridgehead atoms. The molecule has 4 rings (SSSR count). The number of hydrogen-bond acceptors (Lipinski definition) is 5. The number of nitrogens with one attached hydrogen (secondary N) is 2. The Balaban J connectivity index is 1.37. The van der Waals surface area contributed by atoms with Gasteiger partial charge in [0.2, 0.25) is 0 Å². The van der Waals surface area contributed by atoms with Crippen LogP contribution in [0.3, 0.4) is 0 Å². The Labute approximate surface area is 183 Å². The van der Waals surface area contributed by atoms with Crippen molar-refractivity contribution in [2.75, 3.05) is 38.2 Å². The quantitative estimate of drug-likeness (QED) is 0.451. The molecule has 2 N–H and O–H groups in total. The van der Waals surface area contributed by atoms with Crippen molar-refractivity contribution in [1.29, 1.82) is 0 Å². The molecule has 0 aliphatic carbocycles. The van der Waals surface area contributed by atoms with Crippen LogP contribution in [-0.2, 0) is 6.42 Å². The molecule has 8 heteroatoms. The van der Waals surface area contributed by atoms with Gasteiger partial charge in [-0.2, -0.15) is 0 Å². The molecule has 0 radical (unpaired) electrons. The lowest BCUT2D eigenvalue weighted by Crippen LogP contribution is -2.51. The smallest absolute Gasteiger partial charge is 0.191 e. The average molecular weight is 422 g/mol. The number of rotatable bonds is 7. The lowest BCUT2D eigenvalue weighted by Gasteiger charge is -2.35. The van der Waals surface area contributed by atoms with Crippen LogP contribution in [-0.4, -0.2) is 59.9 Å². The first kappa shape index (κ1) is 21.0. The predicted octanol–water partition coefficient (Wildman–Crippen LogP) is 2.50. The van der Waals surface area contributed by atoms with Gasteiger partial charge in [0.25, 0.3) is 0 Å². The van der Waals surface area contributed by atoms with Crippen LogP contribution in [0.5, 0.6) is 5.75 Å². The molecule has 1 fully saturated rings. The molecule has 0 spiro atoms. The molecule has 1 aliphatic heterocycles. The summed E-state index contributed by atoms with van der Waals surface area (Å²) in [5, 5.41) is 15.5. The van der Waals surface area contributed by atoms with E-state index >= 15 is 0 Å². The third-order valence-corrected chi connectivity index (χ3v) is 5.51. The number of ether oxygens (including phenoxy) is 1. The van der Waals surface area contributed by atoms with Crippen LogP contribution in [0.15, 0.2) is 53.7 Å². The van der Waals surface area contributed by atoms with Gasteiger partial charge in [-0.3, -0.25) is 9.39 Å². The molecule has 1 unspecified atom stereocenters. The number of guanidine groups is 1. The summed E-state index contributed by atoms with van der Waals surface area (Å²) in [5.41, 5.74) is 2.07. The highest BCUT2D eigenvalue weighted by atomic mass is 16.5. The van der Waals surface area contributed by atoms with Crippen molar-refractivity contribution in [2.45, 2.75) is 32.2 Å². The number of aromatic nitrogens is 3. The predicted molar refractivity (Wildman–Crippen MR) is 124 cm³/mol. The zero-order chi connectivity index (χ0) is 21.5. The van der Waals surface area contributed by atoms with E-state index in [0.29, 0.717) is 12.6 Å². The highest BCUT2D eigenvalue weighted by Gasteiger charge is 2.21. The Morgan fingerprint density at radius 1 is 1.23 bits per heavy atom. The van der Waals surface area contributed by atoms with Gasteiger partial charge >= 0.3 is 0 Å². The lowest BCUT2D eigenvalue weighted by atomic mass is 10.0. The van der Waals surface area contributed by atoms with Gasteiger partial charge < -0.3 is 20.3 Å². The van der Waals surface area contributed by atoms with E-state index in [2.05, 4.69) is 44.8 Å². The first-order valence-corrected chi connectivity index (χ1v) is 11.0. The van der Waals surface area contributed by atoms with Crippen LogP contribution >= 0.6 is 0 Å². The molecule has 3 heterocycles. The largest absolute Gasteiger partial charge is 0.497 e. The minimum atomic E-state index is 0.340. The van der Waals surface area contributed by atoms with Gasteiger partial charge in [0.05, 0.1) is 7.11 Å². The van der Waals surface area contributed by atoms with Gasteiger partial charge in [-0.05, 0) is 44.0 Å². The summed E-state index contributed by atoms with van der Waals surface area (Å²) >= 11 is 0. The highest BCUT2D eigenvalue weighted by molar-refractivity contribution is 5.80. The Morgan fingerprint density at radius 3 is 3.03 bits per heavy atom. The molecule has 1 aliphatic rings. The lowest BCUT2D eigenvalue weighted by molar-refractivity contribution is 0.414. The van der Waals surface area contributed by atoms with E-state index in [1.165, 1.54) is 5.69 Å². The normalized spacial score (nSPS) is 17.0. The number of pyridine rings is 1. The van der Waals surface area contributed by atoms with Gasteiger partial charge in [-0.25, -0.2) is 0 Å². The van der Waals surface area contributed by atoms with Crippen molar-refractivity contribution < 1.29 is 4.74 Å². The summed E-state index contributed by atoms with van der Waals surface area (Å²) in [6, 6.07) is 14.5. The molecule has 1 saturated heterocycles. The first-order valence-electron chi connectivity index (χ1n) is 11.0. The highest BCUT2D eigenvalue weighted by Crippen LogP contribution is 2.24. The van der Waals surface area contributed by atoms with E-state index in [1.807, 2.05) is 40.9 Å². The van der Waals surface area contributed by atoms with Gasteiger partial charge in [0, 0.05) is 56.6 Å². The summed E-state index contributed by atoms with van der Waals surface area (Å²) < 4.78 is 7.40. The van der Waals surface area contributed by atoms with Crippen LogP contribution in [0.2, 0.25) is 0 Å². The molecule has 3 aromatic rings. The van der Waals surface area contributed by atoms with E-state index in [0.717, 1.165) is 62.1 Å². The van der Waals surface area contributed by atoms with E-state index in [4.69, 9.17) is 9.73 Å². The monoisotopic (exact) mass is 421 g/mol. The second-order valence-electron chi connectivity index (χ2n) is 7.69. The number of nitrogens with zero attached hydrogens (tertiary/aromatic N) is 5. The van der Waals surface area contributed by atoms with Crippen LogP contribution < -0.4 is 20.3 Å². The molecule has 1 atom stereocenters. The summed E-state index contributed by atoms with van der Waals surface area (Å²) in [6.45, 7) is 5.56. The topological polar surface area (TPSA) is 79.1 Å². The van der Waals surface area contributed by atoms with E-state index in [-0.39, 0.29) is 0 Å². The SMILES string of the molecule is CCNC(=NCCc1nnc2ccccn12)NC1CCCN(c2cccc(OC)c2)C1. The number of methoxy groups -OCH3 is 1.